The highest BCUT2D eigenvalue weighted by atomic mass is 16.6. The number of fused-ring (bicyclic) bond motifs is 1. The van der Waals surface area contributed by atoms with Gasteiger partial charge in [-0.3, -0.25) is 14.4 Å². The molecular weight excluding hydrogens is 604 g/mol. The lowest BCUT2D eigenvalue weighted by atomic mass is 9.87. The molecule has 1 saturated carbocycles. The second-order valence-corrected chi connectivity index (χ2v) is 14.7. The van der Waals surface area contributed by atoms with E-state index in [9.17, 15) is 19.2 Å². The Balaban J connectivity index is 1.65. The average Bonchev–Trinajstić information content (AvgIpc) is 3.83. The number of hydrogen-bond donors (Lipinski definition) is 1. The van der Waals surface area contributed by atoms with Gasteiger partial charge >= 0.3 is 6.09 Å². The SMILES string of the molecule is CCOCCN1C(=O)C(C)(C)Oc2ccc(N(C(=O)[C@@H]3C[C@H](C(=O)NC(COC)C(C)C)CN(C(=O)OC(C)(C)C)C3)C3CC3)cc21. The summed E-state index contributed by atoms with van der Waals surface area (Å²) in [6.45, 7) is 16.6. The third-order valence-corrected chi connectivity index (χ3v) is 8.75. The van der Waals surface area contributed by atoms with Crippen LogP contribution in [0, 0.1) is 17.8 Å². The summed E-state index contributed by atoms with van der Waals surface area (Å²) in [5.41, 5.74) is -0.561. The van der Waals surface area contributed by atoms with Gasteiger partial charge < -0.3 is 39.0 Å². The number of ether oxygens (including phenoxy) is 4. The van der Waals surface area contributed by atoms with Crippen molar-refractivity contribution >= 4 is 35.2 Å². The van der Waals surface area contributed by atoms with Gasteiger partial charge in [0.1, 0.15) is 11.4 Å². The Labute approximate surface area is 279 Å². The Morgan fingerprint density at radius 2 is 1.81 bits per heavy atom. The minimum absolute atomic E-state index is 0.0229. The number of amides is 4. The molecule has 47 heavy (non-hydrogen) atoms. The quantitative estimate of drug-likeness (QED) is 0.328. The predicted molar refractivity (Wildman–Crippen MR) is 179 cm³/mol. The number of benzene rings is 1. The van der Waals surface area contributed by atoms with Gasteiger partial charge in [-0.2, -0.15) is 0 Å². The van der Waals surface area contributed by atoms with Crippen LogP contribution in [-0.2, 0) is 28.6 Å². The van der Waals surface area contributed by atoms with E-state index < -0.39 is 29.1 Å². The summed E-state index contributed by atoms with van der Waals surface area (Å²) in [5, 5.41) is 3.09. The maximum atomic E-state index is 14.5. The summed E-state index contributed by atoms with van der Waals surface area (Å²) in [4.78, 5) is 59.9. The molecule has 1 N–H and O–H groups in total. The van der Waals surface area contributed by atoms with Crippen molar-refractivity contribution in [3.05, 3.63) is 18.2 Å². The summed E-state index contributed by atoms with van der Waals surface area (Å²) < 4.78 is 22.7. The van der Waals surface area contributed by atoms with Crippen LogP contribution in [0.2, 0.25) is 0 Å². The third kappa shape index (κ3) is 8.95. The van der Waals surface area contributed by atoms with Gasteiger partial charge in [0.05, 0.1) is 36.8 Å². The molecule has 262 valence electrons. The highest BCUT2D eigenvalue weighted by Gasteiger charge is 2.45. The highest BCUT2D eigenvalue weighted by molar-refractivity contribution is 6.04. The zero-order chi connectivity index (χ0) is 34.7. The molecule has 4 amide bonds. The molecule has 12 nitrogen and oxygen atoms in total. The van der Waals surface area contributed by atoms with Crippen LogP contribution in [-0.4, -0.2) is 98.6 Å². The van der Waals surface area contributed by atoms with Crippen molar-refractivity contribution in [3.8, 4) is 5.75 Å². The molecule has 3 atom stereocenters. The van der Waals surface area contributed by atoms with Crippen molar-refractivity contribution in [3.63, 3.8) is 0 Å². The monoisotopic (exact) mass is 658 g/mol. The van der Waals surface area contributed by atoms with Gasteiger partial charge in [-0.15, -0.1) is 0 Å². The molecule has 4 rings (SSSR count). The molecule has 0 bridgehead atoms. The average molecular weight is 659 g/mol. The lowest BCUT2D eigenvalue weighted by Crippen LogP contribution is -2.55. The Bertz CT molecular complexity index is 1300. The molecular formula is C35H54N4O8. The van der Waals surface area contributed by atoms with Gasteiger partial charge in [0.25, 0.3) is 5.91 Å². The van der Waals surface area contributed by atoms with Gasteiger partial charge in [0, 0.05) is 45.1 Å². The van der Waals surface area contributed by atoms with Crippen LogP contribution in [0.25, 0.3) is 0 Å². The first kappa shape index (κ1) is 36.5. The number of piperidine rings is 1. The minimum atomic E-state index is -1.05. The van der Waals surface area contributed by atoms with Crippen molar-refractivity contribution in [2.45, 2.75) is 97.9 Å². The lowest BCUT2D eigenvalue weighted by molar-refractivity contribution is -0.133. The zero-order valence-corrected chi connectivity index (χ0v) is 29.6. The van der Waals surface area contributed by atoms with E-state index in [1.807, 2.05) is 32.9 Å². The number of hydrogen-bond acceptors (Lipinski definition) is 8. The van der Waals surface area contributed by atoms with E-state index in [2.05, 4.69) is 5.32 Å². The highest BCUT2D eigenvalue weighted by Crippen LogP contribution is 2.43. The minimum Gasteiger partial charge on any atom is -0.476 e. The number of nitrogens with one attached hydrogen (secondary N) is 1. The van der Waals surface area contributed by atoms with E-state index in [4.69, 9.17) is 18.9 Å². The summed E-state index contributed by atoms with van der Waals surface area (Å²) in [5.74, 6) is -1.15. The van der Waals surface area contributed by atoms with Crippen molar-refractivity contribution in [2.75, 3.05) is 56.4 Å². The van der Waals surface area contributed by atoms with Gasteiger partial charge in [-0.1, -0.05) is 13.8 Å². The van der Waals surface area contributed by atoms with Gasteiger partial charge in [0.2, 0.25) is 11.8 Å². The second-order valence-electron chi connectivity index (χ2n) is 14.7. The van der Waals surface area contributed by atoms with Crippen LogP contribution in [0.4, 0.5) is 16.2 Å². The fourth-order valence-electron chi connectivity index (χ4n) is 6.10. The van der Waals surface area contributed by atoms with Gasteiger partial charge in [-0.25, -0.2) is 4.79 Å². The van der Waals surface area contributed by atoms with E-state index in [0.29, 0.717) is 43.5 Å². The normalized spacial score (nSPS) is 21.5. The largest absolute Gasteiger partial charge is 0.476 e. The van der Waals surface area contributed by atoms with Crippen LogP contribution < -0.4 is 19.9 Å². The van der Waals surface area contributed by atoms with E-state index >= 15 is 0 Å². The van der Waals surface area contributed by atoms with Gasteiger partial charge in [-0.05, 0) is 84.9 Å². The number of rotatable bonds is 12. The molecule has 1 saturated heterocycles. The molecule has 1 aliphatic carbocycles. The Morgan fingerprint density at radius 3 is 2.40 bits per heavy atom. The van der Waals surface area contributed by atoms with Crippen LogP contribution in [0.3, 0.4) is 0 Å². The third-order valence-electron chi connectivity index (χ3n) is 8.75. The number of carbonyl (C=O) groups is 4. The van der Waals surface area contributed by atoms with E-state index in [1.165, 1.54) is 4.90 Å². The lowest BCUT2D eigenvalue weighted by Gasteiger charge is -2.40. The van der Waals surface area contributed by atoms with Crippen molar-refractivity contribution in [2.24, 2.45) is 17.8 Å². The summed E-state index contributed by atoms with van der Waals surface area (Å²) in [6, 6.07) is 5.25. The smallest absolute Gasteiger partial charge is 0.410 e. The van der Waals surface area contributed by atoms with Crippen molar-refractivity contribution < 1.29 is 38.1 Å². The number of nitrogens with zero attached hydrogens (tertiary/aromatic N) is 3. The molecule has 0 radical (unpaired) electrons. The van der Waals surface area contributed by atoms with Crippen molar-refractivity contribution in [1.29, 1.82) is 0 Å². The molecule has 2 aliphatic heterocycles. The van der Waals surface area contributed by atoms with Crippen LogP contribution >= 0.6 is 0 Å². The first-order valence-corrected chi connectivity index (χ1v) is 16.9. The molecule has 3 aliphatic rings. The van der Waals surface area contributed by atoms with Crippen LogP contribution in [0.15, 0.2) is 18.2 Å². The standard InChI is InChI=1S/C35H54N4O8/c1-10-45-16-15-38-28-18-26(13-14-29(28)46-35(7,8)32(38)42)39(25-11-12-25)31(41)24-17-23(30(40)36-27(21-44-9)22(2)3)19-37(20-24)33(43)47-34(4,5)6/h13-14,18,22-25,27H,10-12,15-17,19-21H2,1-9H3,(H,36,40)/t23-,24+,27?/m0/s1. The molecule has 2 heterocycles. The molecule has 2 fully saturated rings. The number of methoxy groups -OCH3 is 1. The second kappa shape index (κ2) is 14.8. The fourth-order valence-corrected chi connectivity index (χ4v) is 6.10. The van der Waals surface area contributed by atoms with Crippen LogP contribution in [0.1, 0.15) is 74.7 Å². The van der Waals surface area contributed by atoms with E-state index in [-0.39, 0.29) is 55.2 Å². The molecule has 12 heteroatoms. The fraction of sp³-hybridized carbons (Fsp3) is 0.714. The first-order valence-electron chi connectivity index (χ1n) is 16.9. The van der Waals surface area contributed by atoms with Crippen LogP contribution in [0.5, 0.6) is 5.75 Å². The summed E-state index contributed by atoms with van der Waals surface area (Å²) >= 11 is 0. The predicted octanol–water partition coefficient (Wildman–Crippen LogP) is 4.38. The summed E-state index contributed by atoms with van der Waals surface area (Å²) in [7, 11) is 1.59. The molecule has 1 aromatic carbocycles. The molecule has 1 unspecified atom stereocenters. The first-order chi connectivity index (χ1) is 22.1. The molecule has 1 aromatic rings. The maximum absolute atomic E-state index is 14.5. The Hall–Kier alpha value is -3.38. The number of carbonyl (C=O) groups excluding carboxylic acids is 4. The Kier molecular flexibility index (Phi) is 11.5. The van der Waals surface area contributed by atoms with E-state index in [0.717, 1.165) is 12.8 Å². The number of anilines is 2. The Morgan fingerprint density at radius 1 is 1.13 bits per heavy atom. The molecule has 0 spiro atoms. The molecule has 0 aromatic heterocycles. The maximum Gasteiger partial charge on any atom is 0.410 e. The van der Waals surface area contributed by atoms with Gasteiger partial charge in [0.15, 0.2) is 5.60 Å². The van der Waals surface area contributed by atoms with E-state index in [1.54, 1.807) is 57.6 Å². The zero-order valence-electron chi connectivity index (χ0n) is 29.6. The van der Waals surface area contributed by atoms with Crippen molar-refractivity contribution in [1.82, 2.24) is 10.2 Å². The topological polar surface area (TPSA) is 127 Å². The summed E-state index contributed by atoms with van der Waals surface area (Å²) in [6.07, 6.45) is 1.39. The number of likely N-dealkylation sites (tertiary alicyclic amines) is 1.